The summed E-state index contributed by atoms with van der Waals surface area (Å²) < 4.78 is 7.05. The van der Waals surface area contributed by atoms with E-state index in [-0.39, 0.29) is 5.56 Å². The number of nitrogens with one attached hydrogen (secondary N) is 1. The second-order valence-corrected chi connectivity index (χ2v) is 5.00. The predicted octanol–water partition coefficient (Wildman–Crippen LogP) is 2.13. The predicted molar refractivity (Wildman–Crippen MR) is 76.7 cm³/mol. The lowest BCUT2D eigenvalue weighted by atomic mass is 10.1. The molecule has 2 heterocycles. The summed E-state index contributed by atoms with van der Waals surface area (Å²) in [5.74, 6) is 0. The van der Waals surface area contributed by atoms with Crippen molar-refractivity contribution in [1.82, 2.24) is 4.57 Å². The maximum atomic E-state index is 12.0. The van der Waals surface area contributed by atoms with Gasteiger partial charge in [0, 0.05) is 43.4 Å². The molecule has 19 heavy (non-hydrogen) atoms. The Morgan fingerprint density at radius 1 is 1.26 bits per heavy atom. The molecule has 1 saturated heterocycles. The van der Waals surface area contributed by atoms with E-state index >= 15 is 0 Å². The molecule has 2 aromatic rings. The molecule has 0 unspecified atom stereocenters. The number of para-hydroxylation sites is 1. The summed E-state index contributed by atoms with van der Waals surface area (Å²) in [4.78, 5) is 12.0. The van der Waals surface area contributed by atoms with E-state index in [9.17, 15) is 4.79 Å². The van der Waals surface area contributed by atoms with Crippen molar-refractivity contribution in [3.8, 4) is 0 Å². The number of rotatable bonds is 2. The second-order valence-electron chi connectivity index (χ2n) is 5.00. The molecule has 0 aliphatic carbocycles. The molecule has 3 rings (SSSR count). The minimum Gasteiger partial charge on any atom is -0.381 e. The van der Waals surface area contributed by atoms with Crippen molar-refractivity contribution in [2.75, 3.05) is 18.5 Å². The van der Waals surface area contributed by atoms with Crippen LogP contribution in [0.2, 0.25) is 0 Å². The number of aromatic nitrogens is 1. The molecule has 1 aliphatic heterocycles. The number of anilines is 1. The molecule has 1 aromatic heterocycles. The van der Waals surface area contributed by atoms with Crippen LogP contribution in [0.3, 0.4) is 0 Å². The second kappa shape index (κ2) is 5.05. The largest absolute Gasteiger partial charge is 0.381 e. The van der Waals surface area contributed by atoms with Gasteiger partial charge in [0.2, 0.25) is 0 Å². The SMILES string of the molecule is Cn1c(=O)cc(NC2CCOCC2)c2ccccc21. The van der Waals surface area contributed by atoms with Crippen LogP contribution in [0.1, 0.15) is 12.8 Å². The van der Waals surface area contributed by atoms with Gasteiger partial charge in [0.25, 0.3) is 5.56 Å². The van der Waals surface area contributed by atoms with Gasteiger partial charge in [-0.15, -0.1) is 0 Å². The lowest BCUT2D eigenvalue weighted by Crippen LogP contribution is -2.29. The van der Waals surface area contributed by atoms with E-state index in [1.807, 2.05) is 25.2 Å². The molecule has 1 N–H and O–H groups in total. The van der Waals surface area contributed by atoms with Crippen molar-refractivity contribution in [3.05, 3.63) is 40.7 Å². The van der Waals surface area contributed by atoms with Gasteiger partial charge in [-0.3, -0.25) is 4.79 Å². The molecule has 4 heteroatoms. The molecule has 0 amide bonds. The molecule has 0 bridgehead atoms. The number of nitrogens with zero attached hydrogens (tertiary/aromatic N) is 1. The lowest BCUT2D eigenvalue weighted by Gasteiger charge is -2.25. The van der Waals surface area contributed by atoms with Crippen LogP contribution in [0.15, 0.2) is 35.1 Å². The average molecular weight is 258 g/mol. The van der Waals surface area contributed by atoms with Crippen LogP contribution in [0.25, 0.3) is 10.9 Å². The monoisotopic (exact) mass is 258 g/mol. The fourth-order valence-corrected chi connectivity index (χ4v) is 2.59. The maximum Gasteiger partial charge on any atom is 0.252 e. The Hall–Kier alpha value is -1.81. The van der Waals surface area contributed by atoms with Crippen LogP contribution in [0.5, 0.6) is 0 Å². The minimum absolute atomic E-state index is 0.0215. The molecule has 0 saturated carbocycles. The van der Waals surface area contributed by atoms with E-state index < -0.39 is 0 Å². The van der Waals surface area contributed by atoms with Gasteiger partial charge in [0.1, 0.15) is 0 Å². The molecule has 1 aromatic carbocycles. The molecule has 1 aliphatic rings. The number of aryl methyl sites for hydroxylation is 1. The summed E-state index contributed by atoms with van der Waals surface area (Å²) in [5.41, 5.74) is 1.92. The Labute approximate surface area is 112 Å². The van der Waals surface area contributed by atoms with Crippen molar-refractivity contribution >= 4 is 16.6 Å². The molecular formula is C15H18N2O2. The van der Waals surface area contributed by atoms with Crippen molar-refractivity contribution < 1.29 is 4.74 Å². The van der Waals surface area contributed by atoms with Gasteiger partial charge in [-0.05, 0) is 18.9 Å². The molecule has 4 nitrogen and oxygen atoms in total. The smallest absolute Gasteiger partial charge is 0.252 e. The zero-order valence-corrected chi connectivity index (χ0v) is 11.1. The Morgan fingerprint density at radius 2 is 2.00 bits per heavy atom. The first-order chi connectivity index (χ1) is 9.25. The van der Waals surface area contributed by atoms with E-state index in [0.29, 0.717) is 6.04 Å². The Bertz CT molecular complexity index is 642. The highest BCUT2D eigenvalue weighted by Crippen LogP contribution is 2.23. The Kier molecular flexibility index (Phi) is 3.25. The first-order valence-electron chi connectivity index (χ1n) is 6.69. The molecule has 0 radical (unpaired) electrons. The Morgan fingerprint density at radius 3 is 2.79 bits per heavy atom. The minimum atomic E-state index is 0.0215. The summed E-state index contributed by atoms with van der Waals surface area (Å²) in [6, 6.07) is 10.1. The zero-order chi connectivity index (χ0) is 13.2. The number of hydrogen-bond donors (Lipinski definition) is 1. The van der Waals surface area contributed by atoms with Gasteiger partial charge < -0.3 is 14.6 Å². The third kappa shape index (κ3) is 2.36. The number of pyridine rings is 1. The maximum absolute atomic E-state index is 12.0. The van der Waals surface area contributed by atoms with Crippen molar-refractivity contribution in [2.24, 2.45) is 7.05 Å². The topological polar surface area (TPSA) is 43.3 Å². The van der Waals surface area contributed by atoms with Crippen molar-refractivity contribution in [3.63, 3.8) is 0 Å². The fraction of sp³-hybridized carbons (Fsp3) is 0.400. The lowest BCUT2D eigenvalue weighted by molar-refractivity contribution is 0.0905. The van der Waals surface area contributed by atoms with Crippen molar-refractivity contribution in [2.45, 2.75) is 18.9 Å². The summed E-state index contributed by atoms with van der Waals surface area (Å²) >= 11 is 0. The van der Waals surface area contributed by atoms with E-state index in [1.54, 1.807) is 10.6 Å². The standard InChI is InChI=1S/C15H18N2O2/c1-17-14-5-3-2-4-12(14)13(10-15(17)18)16-11-6-8-19-9-7-11/h2-5,10-11,16H,6-9H2,1H3. The third-order valence-electron chi connectivity index (χ3n) is 3.73. The summed E-state index contributed by atoms with van der Waals surface area (Å²) in [6.45, 7) is 1.58. The van der Waals surface area contributed by atoms with Crippen molar-refractivity contribution in [1.29, 1.82) is 0 Å². The first kappa shape index (κ1) is 12.2. The van der Waals surface area contributed by atoms with Crippen LogP contribution in [0, 0.1) is 0 Å². The number of fused-ring (bicyclic) bond motifs is 1. The number of ether oxygens (including phenoxy) is 1. The van der Waals surface area contributed by atoms with Crippen LogP contribution in [-0.2, 0) is 11.8 Å². The quantitative estimate of drug-likeness (QED) is 0.897. The van der Waals surface area contributed by atoms with E-state index in [4.69, 9.17) is 4.74 Å². The fourth-order valence-electron chi connectivity index (χ4n) is 2.59. The van der Waals surface area contributed by atoms with Crippen LogP contribution < -0.4 is 10.9 Å². The van der Waals surface area contributed by atoms with Gasteiger partial charge in [-0.2, -0.15) is 0 Å². The Balaban J connectivity index is 2.03. The number of benzene rings is 1. The molecule has 0 atom stereocenters. The van der Waals surface area contributed by atoms with Gasteiger partial charge in [-0.1, -0.05) is 18.2 Å². The molecule has 1 fully saturated rings. The van der Waals surface area contributed by atoms with Crippen LogP contribution >= 0.6 is 0 Å². The summed E-state index contributed by atoms with van der Waals surface area (Å²) in [7, 11) is 1.81. The van der Waals surface area contributed by atoms with E-state index in [2.05, 4.69) is 11.4 Å². The third-order valence-corrected chi connectivity index (χ3v) is 3.73. The van der Waals surface area contributed by atoms with Gasteiger partial charge in [0.05, 0.1) is 5.52 Å². The molecular weight excluding hydrogens is 240 g/mol. The average Bonchev–Trinajstić information content (AvgIpc) is 2.46. The van der Waals surface area contributed by atoms with Crippen LogP contribution in [-0.4, -0.2) is 23.8 Å². The molecule has 100 valence electrons. The number of hydrogen-bond acceptors (Lipinski definition) is 3. The normalized spacial score (nSPS) is 16.7. The highest BCUT2D eigenvalue weighted by molar-refractivity contribution is 5.91. The van der Waals surface area contributed by atoms with E-state index in [0.717, 1.165) is 42.6 Å². The summed E-state index contributed by atoms with van der Waals surface area (Å²) in [6.07, 6.45) is 1.98. The first-order valence-corrected chi connectivity index (χ1v) is 6.69. The highest BCUT2D eigenvalue weighted by Gasteiger charge is 2.15. The zero-order valence-electron chi connectivity index (χ0n) is 11.1. The summed E-state index contributed by atoms with van der Waals surface area (Å²) in [5, 5.41) is 4.59. The van der Waals surface area contributed by atoms with Gasteiger partial charge in [0.15, 0.2) is 0 Å². The highest BCUT2D eigenvalue weighted by atomic mass is 16.5. The van der Waals surface area contributed by atoms with E-state index in [1.165, 1.54) is 0 Å². The van der Waals surface area contributed by atoms with Gasteiger partial charge in [-0.25, -0.2) is 0 Å². The molecule has 0 spiro atoms. The van der Waals surface area contributed by atoms with Crippen LogP contribution in [0.4, 0.5) is 5.69 Å². The van der Waals surface area contributed by atoms with Gasteiger partial charge >= 0.3 is 0 Å².